The van der Waals surface area contributed by atoms with Crippen LogP contribution in [0.3, 0.4) is 0 Å². The van der Waals surface area contributed by atoms with Crippen molar-refractivity contribution in [2.24, 2.45) is 0 Å². The summed E-state index contributed by atoms with van der Waals surface area (Å²) in [5, 5.41) is 12.9. The molecule has 0 spiro atoms. The van der Waals surface area contributed by atoms with Crippen LogP contribution < -0.4 is 5.32 Å². The van der Waals surface area contributed by atoms with Gasteiger partial charge in [0, 0.05) is 18.1 Å². The van der Waals surface area contributed by atoms with Gasteiger partial charge in [0.2, 0.25) is 0 Å². The smallest absolute Gasteiger partial charge is 0.305 e. The van der Waals surface area contributed by atoms with Crippen LogP contribution in [0.5, 0.6) is 0 Å². The summed E-state index contributed by atoms with van der Waals surface area (Å²) < 4.78 is 0. The SMILES string of the molecule is O=C(O)CCNC(=O)c1cc2ccccc2cn1. The van der Waals surface area contributed by atoms with Crippen molar-refractivity contribution < 1.29 is 14.7 Å². The Bertz CT molecular complexity index is 596. The van der Waals surface area contributed by atoms with Crippen molar-refractivity contribution in [3.8, 4) is 0 Å². The van der Waals surface area contributed by atoms with Crippen molar-refractivity contribution in [2.75, 3.05) is 6.54 Å². The van der Waals surface area contributed by atoms with E-state index in [4.69, 9.17) is 5.11 Å². The number of benzene rings is 1. The number of carbonyl (C=O) groups excluding carboxylic acids is 1. The maximum absolute atomic E-state index is 11.7. The number of aliphatic carboxylic acids is 1. The van der Waals surface area contributed by atoms with Crippen molar-refractivity contribution in [1.29, 1.82) is 0 Å². The summed E-state index contributed by atoms with van der Waals surface area (Å²) in [6.45, 7) is 0.0999. The molecule has 0 aliphatic rings. The summed E-state index contributed by atoms with van der Waals surface area (Å²) in [7, 11) is 0. The second-order valence-electron chi connectivity index (χ2n) is 3.82. The minimum atomic E-state index is -0.943. The molecular formula is C13H12N2O3. The molecule has 1 heterocycles. The fraction of sp³-hybridized carbons (Fsp3) is 0.154. The number of carboxylic acids is 1. The highest BCUT2D eigenvalue weighted by Gasteiger charge is 2.08. The average Bonchev–Trinajstić information content (AvgIpc) is 2.37. The molecule has 0 aliphatic carbocycles. The van der Waals surface area contributed by atoms with Crippen LogP contribution >= 0.6 is 0 Å². The number of pyridine rings is 1. The van der Waals surface area contributed by atoms with Gasteiger partial charge in [0.1, 0.15) is 5.69 Å². The Kier molecular flexibility index (Phi) is 3.52. The Morgan fingerprint density at radius 1 is 1.22 bits per heavy atom. The maximum Gasteiger partial charge on any atom is 0.305 e. The second kappa shape index (κ2) is 5.27. The molecule has 0 saturated carbocycles. The van der Waals surface area contributed by atoms with E-state index in [-0.39, 0.29) is 18.9 Å². The van der Waals surface area contributed by atoms with Gasteiger partial charge in [0.25, 0.3) is 5.91 Å². The fourth-order valence-electron chi connectivity index (χ4n) is 1.58. The molecule has 1 aromatic heterocycles. The Morgan fingerprint density at radius 2 is 1.94 bits per heavy atom. The molecule has 1 amide bonds. The number of hydrogen-bond donors (Lipinski definition) is 2. The molecule has 0 fully saturated rings. The number of carboxylic acid groups (broad SMARTS) is 1. The zero-order valence-electron chi connectivity index (χ0n) is 9.59. The first kappa shape index (κ1) is 12.0. The molecule has 0 atom stereocenters. The molecule has 2 rings (SSSR count). The number of aromatic nitrogens is 1. The Morgan fingerprint density at radius 3 is 2.67 bits per heavy atom. The molecule has 2 aromatic rings. The minimum Gasteiger partial charge on any atom is -0.481 e. The van der Waals surface area contributed by atoms with Gasteiger partial charge >= 0.3 is 5.97 Å². The van der Waals surface area contributed by atoms with E-state index in [9.17, 15) is 9.59 Å². The van der Waals surface area contributed by atoms with Crippen molar-refractivity contribution in [3.05, 3.63) is 42.2 Å². The molecule has 0 saturated heterocycles. The number of nitrogens with one attached hydrogen (secondary N) is 1. The molecule has 5 heteroatoms. The number of amides is 1. The van der Waals surface area contributed by atoms with E-state index in [0.717, 1.165) is 10.8 Å². The quantitative estimate of drug-likeness (QED) is 0.852. The van der Waals surface area contributed by atoms with Crippen LogP contribution in [-0.2, 0) is 4.79 Å². The molecule has 2 N–H and O–H groups in total. The number of nitrogens with zero attached hydrogens (tertiary/aromatic N) is 1. The van der Waals surface area contributed by atoms with E-state index in [1.807, 2.05) is 24.3 Å². The van der Waals surface area contributed by atoms with Crippen LogP contribution in [0.4, 0.5) is 0 Å². The lowest BCUT2D eigenvalue weighted by atomic mass is 10.1. The first-order valence-corrected chi connectivity index (χ1v) is 5.51. The van der Waals surface area contributed by atoms with E-state index in [1.165, 1.54) is 0 Å². The molecule has 5 nitrogen and oxygen atoms in total. The molecule has 0 radical (unpaired) electrons. The predicted molar refractivity (Wildman–Crippen MR) is 66.3 cm³/mol. The van der Waals surface area contributed by atoms with E-state index in [2.05, 4.69) is 10.3 Å². The zero-order chi connectivity index (χ0) is 13.0. The number of hydrogen-bond acceptors (Lipinski definition) is 3. The highest BCUT2D eigenvalue weighted by Crippen LogP contribution is 2.13. The first-order chi connectivity index (χ1) is 8.66. The van der Waals surface area contributed by atoms with E-state index in [1.54, 1.807) is 12.3 Å². The minimum absolute atomic E-state index is 0.0979. The third kappa shape index (κ3) is 2.82. The van der Waals surface area contributed by atoms with Crippen LogP contribution in [0.1, 0.15) is 16.9 Å². The Balaban J connectivity index is 2.10. The molecule has 1 aromatic carbocycles. The normalized spacial score (nSPS) is 10.2. The van der Waals surface area contributed by atoms with Crippen molar-refractivity contribution in [1.82, 2.24) is 10.3 Å². The molecule has 92 valence electrons. The highest BCUT2D eigenvalue weighted by molar-refractivity contribution is 5.96. The second-order valence-corrected chi connectivity index (χ2v) is 3.82. The van der Waals surface area contributed by atoms with Gasteiger partial charge in [-0.3, -0.25) is 14.6 Å². The van der Waals surface area contributed by atoms with Gasteiger partial charge in [-0.2, -0.15) is 0 Å². The summed E-state index contributed by atoms with van der Waals surface area (Å²) in [6.07, 6.45) is 1.53. The average molecular weight is 244 g/mol. The Hall–Kier alpha value is -2.43. The summed E-state index contributed by atoms with van der Waals surface area (Å²) in [5.74, 6) is -1.30. The van der Waals surface area contributed by atoms with Crippen LogP contribution in [-0.4, -0.2) is 28.5 Å². The van der Waals surface area contributed by atoms with Crippen molar-refractivity contribution in [2.45, 2.75) is 6.42 Å². The molecule has 18 heavy (non-hydrogen) atoms. The molecule has 0 unspecified atom stereocenters. The van der Waals surface area contributed by atoms with Crippen LogP contribution in [0.15, 0.2) is 36.5 Å². The van der Waals surface area contributed by atoms with Crippen LogP contribution in [0.2, 0.25) is 0 Å². The topological polar surface area (TPSA) is 79.3 Å². The maximum atomic E-state index is 11.7. The first-order valence-electron chi connectivity index (χ1n) is 5.51. The van der Waals surface area contributed by atoms with Crippen LogP contribution in [0.25, 0.3) is 10.8 Å². The van der Waals surface area contributed by atoms with E-state index >= 15 is 0 Å². The lowest BCUT2D eigenvalue weighted by molar-refractivity contribution is -0.136. The van der Waals surface area contributed by atoms with Gasteiger partial charge in [0.05, 0.1) is 6.42 Å². The summed E-state index contributed by atoms with van der Waals surface area (Å²) in [4.78, 5) is 26.1. The van der Waals surface area contributed by atoms with Gasteiger partial charge in [0.15, 0.2) is 0 Å². The number of fused-ring (bicyclic) bond motifs is 1. The zero-order valence-corrected chi connectivity index (χ0v) is 9.59. The van der Waals surface area contributed by atoms with Gasteiger partial charge in [-0.15, -0.1) is 0 Å². The Labute approximate surface area is 103 Å². The third-order valence-electron chi connectivity index (χ3n) is 2.49. The van der Waals surface area contributed by atoms with Crippen molar-refractivity contribution >= 4 is 22.6 Å². The number of rotatable bonds is 4. The summed E-state index contributed by atoms with van der Waals surface area (Å²) in [6, 6.07) is 9.27. The third-order valence-corrected chi connectivity index (χ3v) is 2.49. The van der Waals surface area contributed by atoms with E-state index < -0.39 is 5.97 Å². The van der Waals surface area contributed by atoms with Gasteiger partial charge in [-0.05, 0) is 11.5 Å². The largest absolute Gasteiger partial charge is 0.481 e. The van der Waals surface area contributed by atoms with Gasteiger partial charge in [-0.1, -0.05) is 24.3 Å². The summed E-state index contributed by atoms with van der Waals surface area (Å²) in [5.41, 5.74) is 0.291. The molecule has 0 bridgehead atoms. The fourth-order valence-corrected chi connectivity index (χ4v) is 1.58. The number of carbonyl (C=O) groups is 2. The van der Waals surface area contributed by atoms with Crippen LogP contribution in [0, 0.1) is 0 Å². The molecule has 0 aliphatic heterocycles. The monoisotopic (exact) mass is 244 g/mol. The molecular weight excluding hydrogens is 232 g/mol. The van der Waals surface area contributed by atoms with Gasteiger partial charge in [-0.25, -0.2) is 0 Å². The highest BCUT2D eigenvalue weighted by atomic mass is 16.4. The van der Waals surface area contributed by atoms with Crippen molar-refractivity contribution in [3.63, 3.8) is 0 Å². The summed E-state index contributed by atoms with van der Waals surface area (Å²) >= 11 is 0. The predicted octanol–water partition coefficient (Wildman–Crippen LogP) is 1.44. The lowest BCUT2D eigenvalue weighted by Crippen LogP contribution is -2.26. The van der Waals surface area contributed by atoms with E-state index in [0.29, 0.717) is 5.69 Å². The standard InChI is InChI=1S/C13H12N2O3/c16-12(17)5-6-14-13(18)11-7-9-3-1-2-4-10(9)8-15-11/h1-4,7-8H,5-6H2,(H,14,18)(H,16,17). The lowest BCUT2D eigenvalue weighted by Gasteiger charge is -2.04. The van der Waals surface area contributed by atoms with Gasteiger partial charge < -0.3 is 10.4 Å².